The topological polar surface area (TPSA) is 86.2 Å². The number of benzene rings is 1. The molecule has 0 fully saturated rings. The van der Waals surface area contributed by atoms with E-state index in [0.29, 0.717) is 23.3 Å². The number of aliphatic hydroxyl groups excluding tert-OH is 1. The first-order valence-corrected chi connectivity index (χ1v) is 4.53. The van der Waals surface area contributed by atoms with E-state index in [9.17, 15) is 4.79 Å². The standard InChI is InChI=1S/C10H10N2O3/c13-4-3-9-11-7-2-1-6(10(14)15)5-8(7)12-9/h1-2,5,13H,3-4H2,(H,11,12)(H,14,15). The monoisotopic (exact) mass is 206 g/mol. The van der Waals surface area contributed by atoms with E-state index in [2.05, 4.69) is 9.97 Å². The lowest BCUT2D eigenvalue weighted by molar-refractivity contribution is 0.0697. The Balaban J connectivity index is 2.47. The number of carboxylic acids is 1. The summed E-state index contributed by atoms with van der Waals surface area (Å²) in [6, 6.07) is 4.69. The number of nitrogens with one attached hydrogen (secondary N) is 1. The van der Waals surface area contributed by atoms with Crippen molar-refractivity contribution in [3.05, 3.63) is 29.6 Å². The normalized spacial score (nSPS) is 10.7. The van der Waals surface area contributed by atoms with Crippen LogP contribution in [0.15, 0.2) is 18.2 Å². The van der Waals surface area contributed by atoms with Crippen molar-refractivity contribution in [1.82, 2.24) is 9.97 Å². The number of hydrogen-bond acceptors (Lipinski definition) is 3. The minimum Gasteiger partial charge on any atom is -0.478 e. The highest BCUT2D eigenvalue weighted by Crippen LogP contribution is 2.14. The Labute approximate surface area is 85.4 Å². The zero-order valence-corrected chi connectivity index (χ0v) is 7.90. The number of H-pyrrole nitrogens is 1. The van der Waals surface area contributed by atoms with Crippen LogP contribution in [0, 0.1) is 0 Å². The van der Waals surface area contributed by atoms with Gasteiger partial charge in [-0.1, -0.05) is 0 Å². The fourth-order valence-corrected chi connectivity index (χ4v) is 1.42. The molecule has 0 aliphatic carbocycles. The number of carbonyl (C=O) groups is 1. The lowest BCUT2D eigenvalue weighted by Crippen LogP contribution is -1.94. The summed E-state index contributed by atoms with van der Waals surface area (Å²) in [6.07, 6.45) is 0.442. The summed E-state index contributed by atoms with van der Waals surface area (Å²) in [4.78, 5) is 17.9. The van der Waals surface area contributed by atoms with Gasteiger partial charge in [-0.25, -0.2) is 9.78 Å². The van der Waals surface area contributed by atoms with Crippen molar-refractivity contribution in [1.29, 1.82) is 0 Å². The Morgan fingerprint density at radius 2 is 2.27 bits per heavy atom. The molecule has 0 spiro atoms. The van der Waals surface area contributed by atoms with Gasteiger partial charge in [0, 0.05) is 6.42 Å². The Bertz CT molecular complexity index is 504. The molecule has 3 N–H and O–H groups in total. The SMILES string of the molecule is O=C(O)c1ccc2nc(CCO)[nH]c2c1. The number of fused-ring (bicyclic) bond motifs is 1. The lowest BCUT2D eigenvalue weighted by atomic mass is 10.2. The first-order chi connectivity index (χ1) is 7.20. The van der Waals surface area contributed by atoms with E-state index in [0.717, 1.165) is 0 Å². The summed E-state index contributed by atoms with van der Waals surface area (Å²) in [5.74, 6) is -0.301. The van der Waals surface area contributed by atoms with Gasteiger partial charge >= 0.3 is 5.97 Å². The third-order valence-electron chi connectivity index (χ3n) is 2.13. The van der Waals surface area contributed by atoms with Crippen LogP contribution in [0.2, 0.25) is 0 Å². The van der Waals surface area contributed by atoms with Gasteiger partial charge in [0.25, 0.3) is 0 Å². The largest absolute Gasteiger partial charge is 0.478 e. The number of rotatable bonds is 3. The molecule has 0 atom stereocenters. The van der Waals surface area contributed by atoms with Crippen molar-refractivity contribution in [3.63, 3.8) is 0 Å². The molecule has 1 aromatic heterocycles. The number of nitrogens with zero attached hydrogens (tertiary/aromatic N) is 1. The minimum atomic E-state index is -0.963. The van der Waals surface area contributed by atoms with Crippen LogP contribution < -0.4 is 0 Å². The molecule has 0 aliphatic heterocycles. The summed E-state index contributed by atoms with van der Waals surface area (Å²) >= 11 is 0. The number of carboxylic acid groups (broad SMARTS) is 1. The summed E-state index contributed by atoms with van der Waals surface area (Å²) in [5.41, 5.74) is 1.61. The smallest absolute Gasteiger partial charge is 0.335 e. The van der Waals surface area contributed by atoms with Crippen LogP contribution in [0.25, 0.3) is 11.0 Å². The van der Waals surface area contributed by atoms with Gasteiger partial charge in [-0.3, -0.25) is 0 Å². The third-order valence-corrected chi connectivity index (χ3v) is 2.13. The van der Waals surface area contributed by atoms with Crippen LogP contribution in [-0.2, 0) is 6.42 Å². The van der Waals surface area contributed by atoms with E-state index in [1.807, 2.05) is 0 Å². The van der Waals surface area contributed by atoms with Crippen LogP contribution in [0.4, 0.5) is 0 Å². The van der Waals surface area contributed by atoms with E-state index in [1.165, 1.54) is 12.1 Å². The molecule has 78 valence electrons. The highest BCUT2D eigenvalue weighted by atomic mass is 16.4. The summed E-state index contributed by atoms with van der Waals surface area (Å²) in [6.45, 7) is 0.0195. The van der Waals surface area contributed by atoms with E-state index in [4.69, 9.17) is 10.2 Å². The second kappa shape index (κ2) is 3.70. The van der Waals surface area contributed by atoms with Gasteiger partial charge in [0.2, 0.25) is 0 Å². The maximum Gasteiger partial charge on any atom is 0.335 e. The molecule has 0 unspecified atom stereocenters. The van der Waals surface area contributed by atoms with E-state index >= 15 is 0 Å². The van der Waals surface area contributed by atoms with Crippen LogP contribution in [-0.4, -0.2) is 32.8 Å². The molecule has 15 heavy (non-hydrogen) atoms. The molecular weight excluding hydrogens is 196 g/mol. The average Bonchev–Trinajstić information content (AvgIpc) is 2.59. The van der Waals surface area contributed by atoms with Crippen LogP contribution in [0.5, 0.6) is 0 Å². The van der Waals surface area contributed by atoms with Gasteiger partial charge in [-0.2, -0.15) is 0 Å². The maximum atomic E-state index is 10.7. The van der Waals surface area contributed by atoms with Gasteiger partial charge in [0.05, 0.1) is 23.2 Å². The molecular formula is C10H10N2O3. The fourth-order valence-electron chi connectivity index (χ4n) is 1.42. The zero-order chi connectivity index (χ0) is 10.8. The van der Waals surface area contributed by atoms with Crippen molar-refractivity contribution < 1.29 is 15.0 Å². The highest BCUT2D eigenvalue weighted by molar-refractivity contribution is 5.92. The van der Waals surface area contributed by atoms with Crippen molar-refractivity contribution in [2.24, 2.45) is 0 Å². The predicted molar refractivity (Wildman–Crippen MR) is 53.8 cm³/mol. The van der Waals surface area contributed by atoms with Crippen molar-refractivity contribution in [2.75, 3.05) is 6.61 Å². The van der Waals surface area contributed by atoms with Gasteiger partial charge < -0.3 is 15.2 Å². The molecule has 5 heteroatoms. The van der Waals surface area contributed by atoms with Crippen molar-refractivity contribution in [2.45, 2.75) is 6.42 Å². The zero-order valence-electron chi connectivity index (χ0n) is 7.90. The number of imidazole rings is 1. The first kappa shape index (κ1) is 9.67. The number of aromatic carboxylic acids is 1. The van der Waals surface area contributed by atoms with E-state index < -0.39 is 5.97 Å². The summed E-state index contributed by atoms with van der Waals surface area (Å²) in [5, 5.41) is 17.5. The summed E-state index contributed by atoms with van der Waals surface area (Å²) in [7, 11) is 0. The van der Waals surface area contributed by atoms with Crippen LogP contribution in [0.3, 0.4) is 0 Å². The van der Waals surface area contributed by atoms with Crippen LogP contribution >= 0.6 is 0 Å². The van der Waals surface area contributed by atoms with Gasteiger partial charge in [0.15, 0.2) is 0 Å². The molecule has 0 saturated carbocycles. The molecule has 1 heterocycles. The molecule has 0 aliphatic rings. The van der Waals surface area contributed by atoms with Gasteiger partial charge in [-0.15, -0.1) is 0 Å². The average molecular weight is 206 g/mol. The van der Waals surface area contributed by atoms with Crippen molar-refractivity contribution >= 4 is 17.0 Å². The molecule has 0 radical (unpaired) electrons. The number of aliphatic hydroxyl groups is 1. The first-order valence-electron chi connectivity index (χ1n) is 4.53. The van der Waals surface area contributed by atoms with Crippen LogP contribution in [0.1, 0.15) is 16.2 Å². The second-order valence-corrected chi connectivity index (χ2v) is 3.19. The van der Waals surface area contributed by atoms with Gasteiger partial charge in [0.1, 0.15) is 5.82 Å². The fraction of sp³-hybridized carbons (Fsp3) is 0.200. The Kier molecular flexibility index (Phi) is 2.39. The van der Waals surface area contributed by atoms with Gasteiger partial charge in [-0.05, 0) is 18.2 Å². The number of aromatic amines is 1. The Morgan fingerprint density at radius 1 is 1.47 bits per heavy atom. The predicted octanol–water partition coefficient (Wildman–Crippen LogP) is 0.796. The third kappa shape index (κ3) is 1.82. The quantitative estimate of drug-likeness (QED) is 0.693. The molecule has 0 saturated heterocycles. The minimum absolute atomic E-state index is 0.0195. The highest BCUT2D eigenvalue weighted by Gasteiger charge is 2.06. The lowest BCUT2D eigenvalue weighted by Gasteiger charge is -1.92. The molecule has 0 bridgehead atoms. The summed E-state index contributed by atoms with van der Waals surface area (Å²) < 4.78 is 0. The van der Waals surface area contributed by atoms with E-state index in [-0.39, 0.29) is 12.2 Å². The van der Waals surface area contributed by atoms with Crippen molar-refractivity contribution in [3.8, 4) is 0 Å². The molecule has 5 nitrogen and oxygen atoms in total. The number of hydrogen-bond donors (Lipinski definition) is 3. The number of aromatic nitrogens is 2. The maximum absolute atomic E-state index is 10.7. The molecule has 2 rings (SSSR count). The Morgan fingerprint density at radius 3 is 2.93 bits per heavy atom. The molecule has 1 aromatic carbocycles. The molecule has 2 aromatic rings. The molecule has 0 amide bonds. The van der Waals surface area contributed by atoms with E-state index in [1.54, 1.807) is 6.07 Å². The Hall–Kier alpha value is -1.88. The second-order valence-electron chi connectivity index (χ2n) is 3.19.